The second-order valence-corrected chi connectivity index (χ2v) is 3.43. The van der Waals surface area contributed by atoms with Gasteiger partial charge in [-0.3, -0.25) is 0 Å². The van der Waals surface area contributed by atoms with Gasteiger partial charge in [-0.1, -0.05) is 0 Å². The normalized spacial score (nSPS) is 43.9. The summed E-state index contributed by atoms with van der Waals surface area (Å²) in [6, 6.07) is 0. The predicted molar refractivity (Wildman–Crippen MR) is 41.0 cm³/mol. The molecule has 0 radical (unpaired) electrons. The summed E-state index contributed by atoms with van der Waals surface area (Å²) in [7, 11) is 0. The van der Waals surface area contributed by atoms with Crippen LogP contribution in [0.2, 0.25) is 0 Å². The summed E-state index contributed by atoms with van der Waals surface area (Å²) in [5, 5.41) is 0. The number of fused-ring (bicyclic) bond motifs is 1. The molecule has 1 aliphatic carbocycles. The van der Waals surface area contributed by atoms with Crippen molar-refractivity contribution in [2.75, 3.05) is 19.9 Å². The predicted octanol–water partition coefficient (Wildman–Crippen LogP) is 0.344. The number of hydrogen-bond donors (Lipinski definition) is 1. The van der Waals surface area contributed by atoms with Crippen LogP contribution in [0.15, 0.2) is 0 Å². The van der Waals surface area contributed by atoms with Crippen LogP contribution >= 0.6 is 0 Å². The highest BCUT2D eigenvalue weighted by Crippen LogP contribution is 2.35. The number of ether oxygens (including phenoxy) is 2. The van der Waals surface area contributed by atoms with Crippen LogP contribution < -0.4 is 5.73 Å². The largest absolute Gasteiger partial charge is 0.355 e. The van der Waals surface area contributed by atoms with Crippen LogP contribution in [-0.4, -0.2) is 26.0 Å². The number of nitrogens with two attached hydrogens (primary N) is 1. The third-order valence-corrected chi connectivity index (χ3v) is 2.88. The Labute approximate surface area is 66.8 Å². The zero-order valence-corrected chi connectivity index (χ0v) is 6.66. The molecule has 1 saturated carbocycles. The van der Waals surface area contributed by atoms with E-state index in [2.05, 4.69) is 0 Å². The summed E-state index contributed by atoms with van der Waals surface area (Å²) in [4.78, 5) is 0. The van der Waals surface area contributed by atoms with Gasteiger partial charge in [0.15, 0.2) is 0 Å². The average Bonchev–Trinajstić information content (AvgIpc) is 2.47. The van der Waals surface area contributed by atoms with E-state index >= 15 is 0 Å². The van der Waals surface area contributed by atoms with Crippen molar-refractivity contribution in [3.8, 4) is 0 Å². The van der Waals surface area contributed by atoms with Crippen LogP contribution in [0.1, 0.15) is 12.8 Å². The monoisotopic (exact) mass is 157 g/mol. The average molecular weight is 157 g/mol. The lowest BCUT2D eigenvalue weighted by Gasteiger charge is -2.28. The molecule has 2 N–H and O–H groups in total. The van der Waals surface area contributed by atoms with Gasteiger partial charge in [0.2, 0.25) is 0 Å². The van der Waals surface area contributed by atoms with Gasteiger partial charge >= 0.3 is 0 Å². The van der Waals surface area contributed by atoms with E-state index in [-0.39, 0.29) is 0 Å². The second kappa shape index (κ2) is 3.09. The first-order valence-electron chi connectivity index (χ1n) is 4.31. The van der Waals surface area contributed by atoms with Crippen molar-refractivity contribution in [3.63, 3.8) is 0 Å². The van der Waals surface area contributed by atoms with Crippen molar-refractivity contribution >= 4 is 0 Å². The van der Waals surface area contributed by atoms with Crippen LogP contribution in [0.5, 0.6) is 0 Å². The lowest BCUT2D eigenvalue weighted by atomic mass is 9.95. The van der Waals surface area contributed by atoms with Crippen molar-refractivity contribution in [2.24, 2.45) is 17.6 Å². The highest BCUT2D eigenvalue weighted by molar-refractivity contribution is 4.87. The molecule has 0 spiro atoms. The quantitative estimate of drug-likeness (QED) is 0.597. The minimum atomic E-state index is 0.442. The molecule has 2 rings (SSSR count). The van der Waals surface area contributed by atoms with E-state index in [0.717, 1.165) is 13.2 Å². The van der Waals surface area contributed by atoms with E-state index in [0.29, 0.717) is 24.7 Å². The lowest BCUT2D eigenvalue weighted by molar-refractivity contribution is -0.165. The van der Waals surface area contributed by atoms with Crippen molar-refractivity contribution in [1.82, 2.24) is 0 Å². The van der Waals surface area contributed by atoms with Gasteiger partial charge in [0.05, 0.1) is 12.7 Å². The first kappa shape index (κ1) is 7.53. The molecule has 3 unspecified atom stereocenters. The molecule has 11 heavy (non-hydrogen) atoms. The molecule has 0 aromatic rings. The SMILES string of the molecule is NCC1CCC2OCOCC12. The zero-order chi connectivity index (χ0) is 7.68. The maximum Gasteiger partial charge on any atom is 0.147 e. The Morgan fingerprint density at radius 3 is 3.09 bits per heavy atom. The van der Waals surface area contributed by atoms with E-state index in [9.17, 15) is 0 Å². The molecule has 2 aliphatic rings. The molecular weight excluding hydrogens is 142 g/mol. The van der Waals surface area contributed by atoms with Gasteiger partial charge in [0.1, 0.15) is 6.79 Å². The molecule has 0 bridgehead atoms. The Hall–Kier alpha value is -0.120. The van der Waals surface area contributed by atoms with Gasteiger partial charge in [-0.25, -0.2) is 0 Å². The first-order valence-corrected chi connectivity index (χ1v) is 4.31. The molecule has 1 aliphatic heterocycles. The van der Waals surface area contributed by atoms with E-state index in [1.165, 1.54) is 12.8 Å². The van der Waals surface area contributed by atoms with Crippen LogP contribution in [0.25, 0.3) is 0 Å². The van der Waals surface area contributed by atoms with E-state index in [1.54, 1.807) is 0 Å². The van der Waals surface area contributed by atoms with Crippen LogP contribution in [0.3, 0.4) is 0 Å². The third-order valence-electron chi connectivity index (χ3n) is 2.88. The molecule has 1 saturated heterocycles. The molecule has 3 atom stereocenters. The molecule has 1 heterocycles. The van der Waals surface area contributed by atoms with Gasteiger partial charge in [0, 0.05) is 5.92 Å². The summed E-state index contributed by atoms with van der Waals surface area (Å²) in [6.45, 7) is 2.12. The lowest BCUT2D eigenvalue weighted by Crippen LogP contribution is -2.35. The van der Waals surface area contributed by atoms with Gasteiger partial charge in [-0.15, -0.1) is 0 Å². The van der Waals surface area contributed by atoms with Crippen molar-refractivity contribution in [3.05, 3.63) is 0 Å². The molecule has 64 valence electrons. The molecular formula is C8H15NO2. The Morgan fingerprint density at radius 2 is 2.27 bits per heavy atom. The van der Waals surface area contributed by atoms with Crippen LogP contribution in [0.4, 0.5) is 0 Å². The molecule has 2 fully saturated rings. The van der Waals surface area contributed by atoms with Gasteiger partial charge in [0.25, 0.3) is 0 Å². The zero-order valence-electron chi connectivity index (χ0n) is 6.66. The second-order valence-electron chi connectivity index (χ2n) is 3.43. The van der Waals surface area contributed by atoms with Gasteiger partial charge in [-0.2, -0.15) is 0 Å². The Morgan fingerprint density at radius 1 is 1.36 bits per heavy atom. The summed E-state index contributed by atoms with van der Waals surface area (Å²) in [6.07, 6.45) is 2.84. The fraction of sp³-hybridized carbons (Fsp3) is 1.00. The molecule has 0 aromatic carbocycles. The number of rotatable bonds is 1. The Kier molecular flexibility index (Phi) is 2.11. The smallest absolute Gasteiger partial charge is 0.147 e. The Bertz CT molecular complexity index is 134. The summed E-state index contributed by atoms with van der Waals surface area (Å²) in [5.74, 6) is 1.22. The van der Waals surface area contributed by atoms with Crippen molar-refractivity contribution in [1.29, 1.82) is 0 Å². The van der Waals surface area contributed by atoms with Crippen molar-refractivity contribution in [2.45, 2.75) is 18.9 Å². The fourth-order valence-corrected chi connectivity index (χ4v) is 2.17. The highest BCUT2D eigenvalue weighted by atomic mass is 16.7. The first-order chi connectivity index (χ1) is 5.42. The van der Waals surface area contributed by atoms with Gasteiger partial charge in [-0.05, 0) is 25.3 Å². The molecule has 0 amide bonds. The molecule has 0 aromatic heterocycles. The minimum absolute atomic E-state index is 0.442. The summed E-state index contributed by atoms with van der Waals surface area (Å²) in [5.41, 5.74) is 5.63. The van der Waals surface area contributed by atoms with E-state index in [1.807, 2.05) is 0 Å². The van der Waals surface area contributed by atoms with E-state index < -0.39 is 0 Å². The maximum atomic E-state index is 5.63. The van der Waals surface area contributed by atoms with Crippen molar-refractivity contribution < 1.29 is 9.47 Å². The van der Waals surface area contributed by atoms with Crippen LogP contribution in [0, 0.1) is 11.8 Å². The highest BCUT2D eigenvalue weighted by Gasteiger charge is 2.38. The Balaban J connectivity index is 1.98. The maximum absolute atomic E-state index is 5.63. The topological polar surface area (TPSA) is 44.5 Å². The summed E-state index contributed by atoms with van der Waals surface area (Å²) >= 11 is 0. The molecule has 3 nitrogen and oxygen atoms in total. The molecule has 3 heteroatoms. The summed E-state index contributed by atoms with van der Waals surface area (Å²) < 4.78 is 10.7. The standard InChI is InChI=1S/C8H15NO2/c9-3-6-1-2-8-7(6)4-10-5-11-8/h6-8H,1-5,9H2. The van der Waals surface area contributed by atoms with E-state index in [4.69, 9.17) is 15.2 Å². The fourth-order valence-electron chi connectivity index (χ4n) is 2.17. The van der Waals surface area contributed by atoms with Gasteiger partial charge < -0.3 is 15.2 Å². The number of hydrogen-bond acceptors (Lipinski definition) is 3. The minimum Gasteiger partial charge on any atom is -0.355 e. The van der Waals surface area contributed by atoms with Crippen LogP contribution in [-0.2, 0) is 9.47 Å². The third kappa shape index (κ3) is 1.28.